The Morgan fingerprint density at radius 1 is 1.00 bits per heavy atom. The van der Waals surface area contributed by atoms with Crippen molar-refractivity contribution in [2.24, 2.45) is 0 Å². The Labute approximate surface area is 169 Å². The van der Waals surface area contributed by atoms with Crippen LogP contribution in [0.15, 0.2) is 23.3 Å². The first kappa shape index (κ1) is 23.9. The second-order valence-corrected chi connectivity index (χ2v) is 7.37. The first-order valence-corrected chi connectivity index (χ1v) is 10.9. The van der Waals surface area contributed by atoms with Gasteiger partial charge in [-0.25, -0.2) is 4.98 Å². The Morgan fingerprint density at radius 3 is 2.18 bits per heavy atom. The summed E-state index contributed by atoms with van der Waals surface area (Å²) in [6.07, 6.45) is 22.1. The average molecular weight is 391 g/mol. The molecule has 158 valence electrons. The maximum absolute atomic E-state index is 11.9. The minimum atomic E-state index is -0.426. The summed E-state index contributed by atoms with van der Waals surface area (Å²) < 4.78 is 0. The number of nitrogen functional groups attached to an aromatic ring is 1. The van der Waals surface area contributed by atoms with Crippen molar-refractivity contribution in [3.8, 4) is 0 Å². The van der Waals surface area contributed by atoms with Crippen LogP contribution in [0.2, 0.25) is 0 Å². The van der Waals surface area contributed by atoms with Crippen LogP contribution in [0, 0.1) is 0 Å². The van der Waals surface area contributed by atoms with Gasteiger partial charge in [0.05, 0.1) is 6.33 Å². The molecule has 6 nitrogen and oxygen atoms in total. The second kappa shape index (κ2) is 15.9. The molecule has 0 aliphatic carbocycles. The zero-order valence-corrected chi connectivity index (χ0v) is 17.5. The fraction of sp³-hybridized carbons (Fsp3) is 0.682. The summed E-state index contributed by atoms with van der Waals surface area (Å²) in [4.78, 5) is 29.7. The van der Waals surface area contributed by atoms with Gasteiger partial charge in [-0.15, -0.1) is 0 Å². The molecular formula is C22H38N4O2. The Morgan fingerprint density at radius 2 is 1.57 bits per heavy atom. The molecule has 0 radical (unpaired) electrons. The number of nitrogens with two attached hydrogens (primary N) is 1. The van der Waals surface area contributed by atoms with E-state index >= 15 is 0 Å². The number of amides is 1. The van der Waals surface area contributed by atoms with E-state index in [4.69, 9.17) is 5.73 Å². The highest BCUT2D eigenvalue weighted by Gasteiger charge is 2.09. The van der Waals surface area contributed by atoms with Crippen LogP contribution in [-0.4, -0.2) is 15.9 Å². The molecule has 0 unspecified atom stereocenters. The number of nitrogens with zero attached hydrogens (tertiary/aromatic N) is 1. The van der Waals surface area contributed by atoms with Gasteiger partial charge >= 0.3 is 0 Å². The number of anilines is 2. The predicted molar refractivity (Wildman–Crippen MR) is 117 cm³/mol. The van der Waals surface area contributed by atoms with Gasteiger partial charge in [-0.2, -0.15) is 0 Å². The minimum Gasteiger partial charge on any atom is -0.382 e. The van der Waals surface area contributed by atoms with E-state index in [9.17, 15) is 9.59 Å². The molecule has 4 N–H and O–H groups in total. The third-order valence-corrected chi connectivity index (χ3v) is 4.81. The molecule has 1 amide bonds. The molecule has 6 heteroatoms. The normalized spacial score (nSPS) is 11.2. The van der Waals surface area contributed by atoms with Crippen molar-refractivity contribution in [1.29, 1.82) is 0 Å². The summed E-state index contributed by atoms with van der Waals surface area (Å²) in [5, 5.41) is 2.55. The number of hydrogen-bond donors (Lipinski definition) is 3. The Kier molecular flexibility index (Phi) is 13.6. The Bertz CT molecular complexity index is 625. The Hall–Kier alpha value is -2.11. The lowest BCUT2D eigenvalue weighted by Crippen LogP contribution is -2.21. The molecule has 28 heavy (non-hydrogen) atoms. The summed E-state index contributed by atoms with van der Waals surface area (Å²) in [5.74, 6) is -0.149. The first-order valence-electron chi connectivity index (χ1n) is 10.9. The smallest absolute Gasteiger partial charge is 0.276 e. The number of aromatic amines is 1. The molecular weight excluding hydrogens is 352 g/mol. The lowest BCUT2D eigenvalue weighted by Gasteiger charge is -2.06. The van der Waals surface area contributed by atoms with Crippen molar-refractivity contribution < 1.29 is 4.79 Å². The molecule has 0 aliphatic heterocycles. The van der Waals surface area contributed by atoms with Crippen molar-refractivity contribution in [1.82, 2.24) is 9.97 Å². The number of carbonyl (C=O) groups is 1. The Balaban J connectivity index is 1.94. The first-order chi connectivity index (χ1) is 13.6. The maximum Gasteiger partial charge on any atom is 0.276 e. The molecule has 0 atom stereocenters. The maximum atomic E-state index is 11.9. The van der Waals surface area contributed by atoms with Gasteiger partial charge in [-0.05, 0) is 32.1 Å². The SMILES string of the molecule is CCCCCCCC/C=C\CCCCCCCC(=O)Nc1c(N)nc[nH]c1=O. The lowest BCUT2D eigenvalue weighted by molar-refractivity contribution is -0.116. The number of rotatable bonds is 16. The van der Waals surface area contributed by atoms with E-state index in [-0.39, 0.29) is 17.4 Å². The minimum absolute atomic E-state index is 0.0419. The second-order valence-electron chi connectivity index (χ2n) is 7.37. The van der Waals surface area contributed by atoms with Crippen LogP contribution in [0.4, 0.5) is 11.5 Å². The molecule has 0 bridgehead atoms. The fourth-order valence-corrected chi connectivity index (χ4v) is 3.09. The zero-order chi connectivity index (χ0) is 20.5. The monoisotopic (exact) mass is 390 g/mol. The molecule has 1 aromatic rings. The van der Waals surface area contributed by atoms with Crippen LogP contribution in [0.1, 0.15) is 96.8 Å². The highest BCUT2D eigenvalue weighted by molar-refractivity contribution is 5.92. The van der Waals surface area contributed by atoms with Crippen LogP contribution >= 0.6 is 0 Å². The lowest BCUT2D eigenvalue weighted by atomic mass is 10.1. The van der Waals surface area contributed by atoms with Crippen LogP contribution < -0.4 is 16.6 Å². The molecule has 0 fully saturated rings. The van der Waals surface area contributed by atoms with Crippen molar-refractivity contribution in [3.05, 3.63) is 28.8 Å². The molecule has 0 saturated heterocycles. The molecule has 0 aliphatic rings. The largest absolute Gasteiger partial charge is 0.382 e. The predicted octanol–water partition coefficient (Wildman–Crippen LogP) is 5.33. The number of unbranched alkanes of at least 4 members (excludes halogenated alkanes) is 11. The molecule has 0 saturated carbocycles. The fourth-order valence-electron chi connectivity index (χ4n) is 3.09. The van der Waals surface area contributed by atoms with Gasteiger partial charge in [0.2, 0.25) is 5.91 Å². The van der Waals surface area contributed by atoms with Crippen LogP contribution in [0.5, 0.6) is 0 Å². The van der Waals surface area contributed by atoms with Crippen LogP contribution in [0.3, 0.4) is 0 Å². The zero-order valence-electron chi connectivity index (χ0n) is 17.5. The summed E-state index contributed by atoms with van der Waals surface area (Å²) in [6.45, 7) is 2.25. The van der Waals surface area contributed by atoms with E-state index in [1.807, 2.05) is 0 Å². The van der Waals surface area contributed by atoms with Gasteiger partial charge in [0.15, 0.2) is 5.82 Å². The third kappa shape index (κ3) is 11.6. The van der Waals surface area contributed by atoms with Gasteiger partial charge in [0, 0.05) is 6.42 Å². The summed E-state index contributed by atoms with van der Waals surface area (Å²) in [5.41, 5.74) is 5.22. The third-order valence-electron chi connectivity index (χ3n) is 4.81. The van der Waals surface area contributed by atoms with Gasteiger partial charge in [0.1, 0.15) is 5.69 Å². The topological polar surface area (TPSA) is 101 Å². The number of nitrogens with one attached hydrogen (secondary N) is 2. The summed E-state index contributed by atoms with van der Waals surface area (Å²) >= 11 is 0. The van der Waals surface area contributed by atoms with Crippen molar-refractivity contribution in [2.75, 3.05) is 11.1 Å². The molecule has 0 spiro atoms. The van der Waals surface area contributed by atoms with E-state index in [0.717, 1.165) is 25.7 Å². The molecule has 1 rings (SSSR count). The van der Waals surface area contributed by atoms with Crippen LogP contribution in [-0.2, 0) is 4.79 Å². The number of H-pyrrole nitrogens is 1. The van der Waals surface area contributed by atoms with E-state index in [1.54, 1.807) is 0 Å². The van der Waals surface area contributed by atoms with E-state index in [2.05, 4.69) is 34.4 Å². The quantitative estimate of drug-likeness (QED) is 0.262. The van der Waals surface area contributed by atoms with Crippen LogP contribution in [0.25, 0.3) is 0 Å². The van der Waals surface area contributed by atoms with E-state index < -0.39 is 5.56 Å². The van der Waals surface area contributed by atoms with Gasteiger partial charge in [0.25, 0.3) is 5.56 Å². The number of hydrogen-bond acceptors (Lipinski definition) is 4. The van der Waals surface area contributed by atoms with Crippen molar-refractivity contribution in [2.45, 2.75) is 96.8 Å². The van der Waals surface area contributed by atoms with E-state index in [0.29, 0.717) is 6.42 Å². The van der Waals surface area contributed by atoms with Gasteiger partial charge in [-0.3, -0.25) is 9.59 Å². The highest BCUT2D eigenvalue weighted by Crippen LogP contribution is 2.11. The van der Waals surface area contributed by atoms with E-state index in [1.165, 1.54) is 64.1 Å². The standard InChI is InChI=1S/C22H38N4O2/c1-2-3-4-5-6-7-8-9-10-11-12-13-14-15-16-17-19(27)26-20-21(23)24-18-25-22(20)28/h9-10,18H,2-8,11-17H2,1H3,(H,26,27)(H3,23,24,25,28)/b10-9-. The van der Waals surface area contributed by atoms with Gasteiger partial charge in [-0.1, -0.05) is 70.4 Å². The number of carbonyl (C=O) groups excluding carboxylic acids is 1. The van der Waals surface area contributed by atoms with Crippen molar-refractivity contribution in [3.63, 3.8) is 0 Å². The number of allylic oxidation sites excluding steroid dienone is 2. The molecule has 0 aromatic carbocycles. The number of aromatic nitrogens is 2. The molecule has 1 aromatic heterocycles. The molecule has 1 heterocycles. The summed E-state index contributed by atoms with van der Waals surface area (Å²) in [7, 11) is 0. The average Bonchev–Trinajstić information content (AvgIpc) is 2.68. The van der Waals surface area contributed by atoms with Gasteiger partial charge < -0.3 is 16.0 Å². The summed E-state index contributed by atoms with van der Waals surface area (Å²) in [6, 6.07) is 0. The van der Waals surface area contributed by atoms with Crippen molar-refractivity contribution >= 4 is 17.4 Å². The highest BCUT2D eigenvalue weighted by atomic mass is 16.2.